The second-order valence-corrected chi connectivity index (χ2v) is 3.47. The first-order valence-corrected chi connectivity index (χ1v) is 5.37. The summed E-state index contributed by atoms with van der Waals surface area (Å²) in [7, 11) is 1.65. The molecule has 92 valence electrons. The molecule has 2 aromatic heterocycles. The first kappa shape index (κ1) is 11.7. The molecular formula is C10H15N5O2. The van der Waals surface area contributed by atoms with Crippen molar-refractivity contribution in [2.45, 2.75) is 6.54 Å². The molecule has 0 spiro atoms. The number of hydrogen-bond acceptors (Lipinski definition) is 6. The standard InChI is InChI=1S/C10H15N5O2/c1-17-5-2-11-9-8-6-14-15(3-4-16)10(8)13-7-12-9/h6-7,16H,2-5H2,1H3,(H,11,12,13). The van der Waals surface area contributed by atoms with Gasteiger partial charge in [-0.2, -0.15) is 5.10 Å². The van der Waals surface area contributed by atoms with Crippen molar-refractivity contribution in [2.75, 3.05) is 32.2 Å². The van der Waals surface area contributed by atoms with Gasteiger partial charge in [-0.25, -0.2) is 14.6 Å². The minimum Gasteiger partial charge on any atom is -0.394 e. The van der Waals surface area contributed by atoms with Crippen LogP contribution in [0.25, 0.3) is 11.0 Å². The van der Waals surface area contributed by atoms with Gasteiger partial charge in [-0.15, -0.1) is 0 Å². The predicted molar refractivity (Wildman–Crippen MR) is 62.8 cm³/mol. The van der Waals surface area contributed by atoms with Crippen molar-refractivity contribution in [2.24, 2.45) is 0 Å². The third kappa shape index (κ3) is 2.51. The van der Waals surface area contributed by atoms with E-state index >= 15 is 0 Å². The van der Waals surface area contributed by atoms with E-state index in [4.69, 9.17) is 9.84 Å². The van der Waals surface area contributed by atoms with Crippen molar-refractivity contribution in [1.29, 1.82) is 0 Å². The Kier molecular flexibility index (Phi) is 3.84. The average molecular weight is 237 g/mol. The monoisotopic (exact) mass is 237 g/mol. The highest BCUT2D eigenvalue weighted by Gasteiger charge is 2.08. The summed E-state index contributed by atoms with van der Waals surface area (Å²) in [6.45, 7) is 1.75. The second kappa shape index (κ2) is 5.55. The minimum absolute atomic E-state index is 0.0349. The SMILES string of the molecule is COCCNc1ncnc2c1cnn2CCO. The summed E-state index contributed by atoms with van der Waals surface area (Å²) >= 11 is 0. The van der Waals surface area contributed by atoms with Crippen LogP contribution in [0.3, 0.4) is 0 Å². The number of ether oxygens (including phenoxy) is 1. The molecule has 2 aromatic rings. The van der Waals surface area contributed by atoms with Crippen LogP contribution in [0.1, 0.15) is 0 Å². The number of anilines is 1. The fraction of sp³-hybridized carbons (Fsp3) is 0.500. The maximum absolute atomic E-state index is 8.90. The molecule has 0 unspecified atom stereocenters. The maximum atomic E-state index is 8.90. The van der Waals surface area contributed by atoms with E-state index in [0.717, 1.165) is 11.2 Å². The van der Waals surface area contributed by atoms with Gasteiger partial charge >= 0.3 is 0 Å². The van der Waals surface area contributed by atoms with E-state index < -0.39 is 0 Å². The molecule has 0 aliphatic carbocycles. The van der Waals surface area contributed by atoms with Crippen LogP contribution in [0.5, 0.6) is 0 Å². The molecule has 2 heterocycles. The van der Waals surface area contributed by atoms with Gasteiger partial charge in [0.05, 0.1) is 31.3 Å². The van der Waals surface area contributed by atoms with Crippen LogP contribution < -0.4 is 5.32 Å². The normalized spacial score (nSPS) is 10.9. The van der Waals surface area contributed by atoms with Crippen molar-refractivity contribution in [3.63, 3.8) is 0 Å². The molecule has 0 aliphatic rings. The highest BCUT2D eigenvalue weighted by atomic mass is 16.5. The van der Waals surface area contributed by atoms with Crippen molar-refractivity contribution < 1.29 is 9.84 Å². The van der Waals surface area contributed by atoms with Gasteiger partial charge in [0.15, 0.2) is 5.65 Å². The first-order valence-electron chi connectivity index (χ1n) is 5.37. The summed E-state index contributed by atoms with van der Waals surface area (Å²) in [5, 5.41) is 17.1. The van der Waals surface area contributed by atoms with Crippen molar-refractivity contribution in [3.05, 3.63) is 12.5 Å². The molecule has 0 aliphatic heterocycles. The van der Waals surface area contributed by atoms with Crippen LogP contribution in [0.2, 0.25) is 0 Å². The van der Waals surface area contributed by atoms with E-state index in [9.17, 15) is 0 Å². The number of aliphatic hydroxyl groups is 1. The van der Waals surface area contributed by atoms with E-state index in [1.807, 2.05) is 0 Å². The number of nitrogens with one attached hydrogen (secondary N) is 1. The quantitative estimate of drug-likeness (QED) is 0.681. The van der Waals surface area contributed by atoms with Gasteiger partial charge in [0.1, 0.15) is 12.1 Å². The third-order valence-electron chi connectivity index (χ3n) is 2.34. The van der Waals surface area contributed by atoms with E-state index in [2.05, 4.69) is 20.4 Å². The van der Waals surface area contributed by atoms with Crippen LogP contribution in [-0.2, 0) is 11.3 Å². The Bertz CT molecular complexity index is 485. The molecule has 7 nitrogen and oxygen atoms in total. The predicted octanol–water partition coefficient (Wildman–Crippen LogP) is -0.123. The number of rotatable bonds is 6. The van der Waals surface area contributed by atoms with Gasteiger partial charge in [0.25, 0.3) is 0 Å². The van der Waals surface area contributed by atoms with Gasteiger partial charge in [-0.05, 0) is 0 Å². The number of aliphatic hydroxyl groups excluding tert-OH is 1. The Hall–Kier alpha value is -1.73. The van der Waals surface area contributed by atoms with Gasteiger partial charge in [0.2, 0.25) is 0 Å². The zero-order valence-electron chi connectivity index (χ0n) is 9.63. The molecule has 0 saturated heterocycles. The van der Waals surface area contributed by atoms with Crippen LogP contribution in [-0.4, -0.2) is 51.7 Å². The second-order valence-electron chi connectivity index (χ2n) is 3.47. The summed E-state index contributed by atoms with van der Waals surface area (Å²) in [6, 6.07) is 0. The molecule has 17 heavy (non-hydrogen) atoms. The van der Waals surface area contributed by atoms with Crippen molar-refractivity contribution in [1.82, 2.24) is 19.7 Å². The molecule has 0 amide bonds. The smallest absolute Gasteiger partial charge is 0.163 e. The molecule has 0 radical (unpaired) electrons. The fourth-order valence-corrected chi connectivity index (χ4v) is 1.56. The Morgan fingerprint density at radius 3 is 3.12 bits per heavy atom. The largest absolute Gasteiger partial charge is 0.394 e. The molecule has 7 heteroatoms. The fourth-order valence-electron chi connectivity index (χ4n) is 1.56. The van der Waals surface area contributed by atoms with Gasteiger partial charge in [-0.1, -0.05) is 0 Å². The average Bonchev–Trinajstić information content (AvgIpc) is 2.75. The summed E-state index contributed by atoms with van der Waals surface area (Å²) < 4.78 is 6.61. The maximum Gasteiger partial charge on any atom is 0.163 e. The number of aromatic nitrogens is 4. The number of fused-ring (bicyclic) bond motifs is 1. The van der Waals surface area contributed by atoms with Gasteiger partial charge in [0, 0.05) is 13.7 Å². The van der Waals surface area contributed by atoms with Crippen LogP contribution >= 0.6 is 0 Å². The van der Waals surface area contributed by atoms with Gasteiger partial charge in [-0.3, -0.25) is 0 Å². The first-order chi connectivity index (χ1) is 8.36. The molecule has 0 saturated carbocycles. The summed E-state index contributed by atoms with van der Waals surface area (Å²) in [5.41, 5.74) is 0.717. The molecule has 2 rings (SSSR count). The van der Waals surface area contributed by atoms with E-state index in [-0.39, 0.29) is 6.61 Å². The number of methoxy groups -OCH3 is 1. The summed E-state index contributed by atoms with van der Waals surface area (Å²) in [5.74, 6) is 0.733. The topological polar surface area (TPSA) is 85.1 Å². The van der Waals surface area contributed by atoms with Crippen LogP contribution in [0.15, 0.2) is 12.5 Å². The summed E-state index contributed by atoms with van der Waals surface area (Å²) in [6.07, 6.45) is 3.17. The highest BCUT2D eigenvalue weighted by molar-refractivity contribution is 5.85. The summed E-state index contributed by atoms with van der Waals surface area (Å²) in [4.78, 5) is 8.31. The van der Waals surface area contributed by atoms with E-state index in [1.165, 1.54) is 6.33 Å². The Labute approximate surface area is 98.4 Å². The lowest BCUT2D eigenvalue weighted by molar-refractivity contribution is 0.210. The Morgan fingerprint density at radius 1 is 1.47 bits per heavy atom. The molecule has 0 aromatic carbocycles. The lowest BCUT2D eigenvalue weighted by Gasteiger charge is -2.05. The minimum atomic E-state index is 0.0349. The Balaban J connectivity index is 2.24. The van der Waals surface area contributed by atoms with Crippen molar-refractivity contribution >= 4 is 16.9 Å². The zero-order valence-corrected chi connectivity index (χ0v) is 9.63. The van der Waals surface area contributed by atoms with E-state index in [1.54, 1.807) is 18.0 Å². The number of nitrogens with zero attached hydrogens (tertiary/aromatic N) is 4. The molecule has 0 fully saturated rings. The molecule has 0 bridgehead atoms. The van der Waals surface area contributed by atoms with Crippen LogP contribution in [0, 0.1) is 0 Å². The molecular weight excluding hydrogens is 222 g/mol. The van der Waals surface area contributed by atoms with Gasteiger partial charge < -0.3 is 15.2 Å². The zero-order chi connectivity index (χ0) is 12.1. The third-order valence-corrected chi connectivity index (χ3v) is 2.34. The van der Waals surface area contributed by atoms with Crippen molar-refractivity contribution in [3.8, 4) is 0 Å². The van der Waals surface area contributed by atoms with Crippen LogP contribution in [0.4, 0.5) is 5.82 Å². The molecule has 2 N–H and O–H groups in total. The lowest BCUT2D eigenvalue weighted by atomic mass is 10.4. The van der Waals surface area contributed by atoms with E-state index in [0.29, 0.717) is 25.3 Å². The molecule has 0 atom stereocenters. The lowest BCUT2D eigenvalue weighted by Crippen LogP contribution is -2.09. The highest BCUT2D eigenvalue weighted by Crippen LogP contribution is 2.17. The Morgan fingerprint density at radius 2 is 2.35 bits per heavy atom. The number of hydrogen-bond donors (Lipinski definition) is 2.